The largest absolute Gasteiger partial charge is 0.449 e. The van der Waals surface area contributed by atoms with Crippen molar-refractivity contribution >= 4 is 39.2 Å². The summed E-state index contributed by atoms with van der Waals surface area (Å²) in [7, 11) is -3.84. The zero-order valence-corrected chi connectivity index (χ0v) is 17.9. The minimum absolute atomic E-state index is 0.0112. The average Bonchev–Trinajstić information content (AvgIpc) is 3.41. The van der Waals surface area contributed by atoms with E-state index < -0.39 is 22.1 Å². The van der Waals surface area contributed by atoms with Gasteiger partial charge in [0.15, 0.2) is 6.10 Å². The number of halogens is 1. The molecule has 2 aromatic carbocycles. The van der Waals surface area contributed by atoms with Gasteiger partial charge in [-0.15, -0.1) is 0 Å². The third kappa shape index (κ3) is 4.21. The van der Waals surface area contributed by atoms with Crippen LogP contribution in [0.3, 0.4) is 0 Å². The molecular formula is C21H21ClN2O5S. The molecule has 1 saturated carbocycles. The van der Waals surface area contributed by atoms with Crippen LogP contribution in [0.15, 0.2) is 47.4 Å². The third-order valence-corrected chi connectivity index (χ3v) is 7.14. The van der Waals surface area contributed by atoms with E-state index in [-0.39, 0.29) is 27.4 Å². The van der Waals surface area contributed by atoms with Crippen molar-refractivity contribution < 1.29 is 22.7 Å². The van der Waals surface area contributed by atoms with Crippen molar-refractivity contribution in [2.75, 3.05) is 11.4 Å². The maximum absolute atomic E-state index is 12.8. The number of esters is 1. The fourth-order valence-electron chi connectivity index (χ4n) is 3.39. The highest BCUT2D eigenvalue weighted by Gasteiger charge is 2.32. The molecule has 0 unspecified atom stereocenters. The van der Waals surface area contributed by atoms with E-state index in [0.29, 0.717) is 6.54 Å². The Balaban J connectivity index is 1.48. The molecule has 7 nitrogen and oxygen atoms in total. The summed E-state index contributed by atoms with van der Waals surface area (Å²) in [4.78, 5) is 26.8. The molecule has 0 spiro atoms. The van der Waals surface area contributed by atoms with Crippen LogP contribution >= 0.6 is 11.6 Å². The number of benzene rings is 2. The van der Waals surface area contributed by atoms with Gasteiger partial charge >= 0.3 is 5.97 Å². The summed E-state index contributed by atoms with van der Waals surface area (Å²) in [6, 6.07) is 11.4. The molecule has 0 bridgehead atoms. The smallest absolute Gasteiger partial charge is 0.338 e. The zero-order chi connectivity index (χ0) is 21.5. The first-order valence-electron chi connectivity index (χ1n) is 9.68. The Morgan fingerprint density at radius 1 is 1.20 bits per heavy atom. The molecule has 1 aliphatic carbocycles. The lowest BCUT2D eigenvalue weighted by Crippen LogP contribution is -2.39. The number of anilines is 1. The van der Waals surface area contributed by atoms with E-state index in [2.05, 4.69) is 4.72 Å². The second kappa shape index (κ2) is 8.02. The Labute approximate surface area is 180 Å². The number of rotatable bonds is 6. The van der Waals surface area contributed by atoms with E-state index >= 15 is 0 Å². The highest BCUT2D eigenvalue weighted by Crippen LogP contribution is 2.29. The van der Waals surface area contributed by atoms with Crippen LogP contribution in [0.1, 0.15) is 35.7 Å². The number of fused-ring (bicyclic) bond motifs is 1. The van der Waals surface area contributed by atoms with Gasteiger partial charge in [0.2, 0.25) is 10.0 Å². The predicted octanol–water partition coefficient (Wildman–Crippen LogP) is 2.92. The van der Waals surface area contributed by atoms with Crippen LogP contribution in [0.4, 0.5) is 5.69 Å². The summed E-state index contributed by atoms with van der Waals surface area (Å²) >= 11 is 6.05. The number of carbonyl (C=O) groups is 2. The lowest BCUT2D eigenvalue weighted by molar-refractivity contribution is -0.126. The topological polar surface area (TPSA) is 92.8 Å². The van der Waals surface area contributed by atoms with Gasteiger partial charge in [0.25, 0.3) is 5.91 Å². The molecular weight excluding hydrogens is 428 g/mol. The fourth-order valence-corrected chi connectivity index (χ4v) is 5.22. The Hall–Kier alpha value is -2.42. The highest BCUT2D eigenvalue weighted by molar-refractivity contribution is 7.89. The van der Waals surface area contributed by atoms with Crippen molar-refractivity contribution in [3.05, 3.63) is 58.6 Å². The SMILES string of the molecule is C[C@H](OC(=O)c1ccc(Cl)c(S(=O)(=O)NC2CC2)c1)C(=O)N1CCc2ccccc21. The summed E-state index contributed by atoms with van der Waals surface area (Å²) in [6.45, 7) is 2.03. The van der Waals surface area contributed by atoms with Crippen molar-refractivity contribution in [2.45, 2.75) is 43.2 Å². The van der Waals surface area contributed by atoms with Crippen molar-refractivity contribution in [1.82, 2.24) is 4.72 Å². The predicted molar refractivity (Wildman–Crippen MR) is 112 cm³/mol. The molecule has 1 atom stereocenters. The number of nitrogens with one attached hydrogen (secondary N) is 1. The lowest BCUT2D eigenvalue weighted by Gasteiger charge is -2.21. The van der Waals surface area contributed by atoms with Gasteiger partial charge in [0, 0.05) is 18.3 Å². The average molecular weight is 449 g/mol. The number of para-hydroxylation sites is 1. The first-order valence-corrected chi connectivity index (χ1v) is 11.5. The molecule has 2 aromatic rings. The maximum Gasteiger partial charge on any atom is 0.338 e. The van der Waals surface area contributed by atoms with Gasteiger partial charge in [-0.05, 0) is 56.0 Å². The van der Waals surface area contributed by atoms with Crippen molar-refractivity contribution in [3.8, 4) is 0 Å². The van der Waals surface area contributed by atoms with Crippen LogP contribution < -0.4 is 9.62 Å². The quantitative estimate of drug-likeness (QED) is 0.686. The molecule has 1 amide bonds. The van der Waals surface area contributed by atoms with Crippen LogP contribution in [0.2, 0.25) is 5.02 Å². The summed E-state index contributed by atoms with van der Waals surface area (Å²) in [5, 5.41) is 0.0116. The highest BCUT2D eigenvalue weighted by atomic mass is 35.5. The van der Waals surface area contributed by atoms with Crippen molar-refractivity contribution in [1.29, 1.82) is 0 Å². The van der Waals surface area contributed by atoms with Crippen LogP contribution in [-0.2, 0) is 26.0 Å². The lowest BCUT2D eigenvalue weighted by atomic mass is 10.2. The van der Waals surface area contributed by atoms with Crippen LogP contribution in [0, 0.1) is 0 Å². The van der Waals surface area contributed by atoms with E-state index in [0.717, 1.165) is 30.5 Å². The summed E-state index contributed by atoms with van der Waals surface area (Å²) in [5.41, 5.74) is 1.90. The van der Waals surface area contributed by atoms with E-state index in [1.165, 1.54) is 25.1 Å². The molecule has 0 radical (unpaired) electrons. The molecule has 1 fully saturated rings. The molecule has 0 saturated heterocycles. The third-order valence-electron chi connectivity index (χ3n) is 5.14. The van der Waals surface area contributed by atoms with Gasteiger partial charge in [-0.25, -0.2) is 17.9 Å². The van der Waals surface area contributed by atoms with E-state index in [4.69, 9.17) is 16.3 Å². The van der Waals surface area contributed by atoms with Crippen LogP contribution in [0.5, 0.6) is 0 Å². The summed E-state index contributed by atoms with van der Waals surface area (Å²) in [6.07, 6.45) is 1.27. The van der Waals surface area contributed by atoms with E-state index in [9.17, 15) is 18.0 Å². The maximum atomic E-state index is 12.8. The number of hydrogen-bond donors (Lipinski definition) is 1. The zero-order valence-electron chi connectivity index (χ0n) is 16.3. The van der Waals surface area contributed by atoms with Crippen LogP contribution in [0.25, 0.3) is 0 Å². The van der Waals surface area contributed by atoms with Gasteiger partial charge in [-0.2, -0.15) is 0 Å². The van der Waals surface area contributed by atoms with Gasteiger partial charge < -0.3 is 9.64 Å². The molecule has 4 rings (SSSR count). The second-order valence-corrected chi connectivity index (χ2v) is 9.55. The number of carbonyl (C=O) groups excluding carboxylic acids is 2. The van der Waals surface area contributed by atoms with E-state index in [1.807, 2.05) is 24.3 Å². The van der Waals surface area contributed by atoms with Crippen molar-refractivity contribution in [3.63, 3.8) is 0 Å². The summed E-state index contributed by atoms with van der Waals surface area (Å²) < 4.78 is 32.9. The molecule has 30 heavy (non-hydrogen) atoms. The Kier molecular flexibility index (Phi) is 5.57. The van der Waals surface area contributed by atoms with E-state index in [1.54, 1.807) is 4.90 Å². The van der Waals surface area contributed by atoms with Gasteiger partial charge in [-0.1, -0.05) is 29.8 Å². The molecule has 158 valence electrons. The summed E-state index contributed by atoms with van der Waals surface area (Å²) in [5.74, 6) is -1.12. The number of sulfonamides is 1. The molecule has 1 aliphatic heterocycles. The number of hydrogen-bond acceptors (Lipinski definition) is 5. The number of ether oxygens (including phenoxy) is 1. The number of amides is 1. The standard InChI is InChI=1S/C21H21ClN2O5S/c1-13(20(25)24-11-10-14-4-2-3-5-18(14)24)29-21(26)15-6-9-17(22)19(12-15)30(27,28)23-16-7-8-16/h2-6,9,12-13,16,23H,7-8,10-11H2,1H3/t13-/m0/s1. The Morgan fingerprint density at radius 3 is 2.67 bits per heavy atom. The van der Waals surface area contributed by atoms with Crippen molar-refractivity contribution in [2.24, 2.45) is 0 Å². The number of nitrogens with zero attached hydrogens (tertiary/aromatic N) is 1. The first kappa shape index (κ1) is 20.8. The van der Waals surface area contributed by atoms with Crippen LogP contribution in [-0.4, -0.2) is 39.0 Å². The van der Waals surface area contributed by atoms with Gasteiger partial charge in [0.05, 0.1) is 10.6 Å². The molecule has 1 N–H and O–H groups in total. The minimum atomic E-state index is -3.84. The molecule has 0 aromatic heterocycles. The molecule has 1 heterocycles. The minimum Gasteiger partial charge on any atom is -0.449 e. The van der Waals surface area contributed by atoms with Gasteiger partial charge in [0.1, 0.15) is 4.90 Å². The van der Waals surface area contributed by atoms with Gasteiger partial charge in [-0.3, -0.25) is 4.79 Å². The Morgan fingerprint density at radius 2 is 1.93 bits per heavy atom. The fraction of sp³-hybridized carbons (Fsp3) is 0.333. The molecule has 9 heteroatoms. The normalized spacial score (nSPS) is 16.8. The Bertz CT molecular complexity index is 1110. The molecule has 2 aliphatic rings. The first-order chi connectivity index (χ1) is 14.3. The monoisotopic (exact) mass is 448 g/mol. The second-order valence-electron chi connectivity index (χ2n) is 7.46.